The minimum atomic E-state index is -4.41. The Hall–Kier alpha value is -2.95. The van der Waals surface area contributed by atoms with Crippen LogP contribution in [0.25, 0.3) is 0 Å². The molecule has 3 aliphatic rings. The third-order valence-corrected chi connectivity index (χ3v) is 10.2. The molecule has 0 spiro atoms. The van der Waals surface area contributed by atoms with E-state index in [4.69, 9.17) is 4.74 Å². The molecule has 3 fully saturated rings. The highest BCUT2D eigenvalue weighted by molar-refractivity contribution is 5.30. The van der Waals surface area contributed by atoms with Crippen LogP contribution in [0.15, 0.2) is 30.5 Å². The Morgan fingerprint density at radius 2 is 1.83 bits per heavy atom. The van der Waals surface area contributed by atoms with Gasteiger partial charge in [0, 0.05) is 30.6 Å². The van der Waals surface area contributed by atoms with Gasteiger partial charge in [-0.25, -0.2) is 4.68 Å². The van der Waals surface area contributed by atoms with Gasteiger partial charge in [0.2, 0.25) is 0 Å². The van der Waals surface area contributed by atoms with Crippen LogP contribution in [0.1, 0.15) is 105 Å². The molecule has 0 N–H and O–H groups in total. The number of halogens is 3. The molecule has 2 aromatic heterocycles. The molecule has 41 heavy (non-hydrogen) atoms. The first-order valence-corrected chi connectivity index (χ1v) is 14.9. The molecule has 0 saturated heterocycles. The van der Waals surface area contributed by atoms with Gasteiger partial charge in [0.15, 0.2) is 5.82 Å². The highest BCUT2D eigenvalue weighted by atomic mass is 19.4. The molecule has 1 aromatic carbocycles. The van der Waals surface area contributed by atoms with E-state index in [0.717, 1.165) is 43.6 Å². The van der Waals surface area contributed by atoms with E-state index in [-0.39, 0.29) is 18.3 Å². The molecule has 2 bridgehead atoms. The Labute approximate surface area is 239 Å². The molecule has 8 nitrogen and oxygen atoms in total. The summed E-state index contributed by atoms with van der Waals surface area (Å²) in [6.07, 6.45) is 9.36. The van der Waals surface area contributed by atoms with Crippen LogP contribution in [0.4, 0.5) is 13.2 Å². The lowest BCUT2D eigenvalue weighted by Crippen LogP contribution is -2.51. The van der Waals surface area contributed by atoms with Crippen molar-refractivity contribution in [1.82, 2.24) is 34.7 Å². The smallest absolute Gasteiger partial charge is 0.416 e. The van der Waals surface area contributed by atoms with Crippen LogP contribution in [0.3, 0.4) is 0 Å². The fraction of sp³-hybridized carbons (Fsp3) is 0.667. The summed E-state index contributed by atoms with van der Waals surface area (Å²) in [4.78, 5) is 2.47. The van der Waals surface area contributed by atoms with Crippen molar-refractivity contribution in [2.24, 2.45) is 13.0 Å². The third kappa shape index (κ3) is 5.61. The Bertz CT molecular complexity index is 1340. The fourth-order valence-electron chi connectivity index (χ4n) is 7.64. The van der Waals surface area contributed by atoms with Crippen LogP contribution >= 0.6 is 0 Å². The van der Waals surface area contributed by atoms with Crippen molar-refractivity contribution in [2.75, 3.05) is 14.1 Å². The predicted molar refractivity (Wildman–Crippen MR) is 147 cm³/mol. The lowest BCUT2D eigenvalue weighted by molar-refractivity contribution is -0.137. The van der Waals surface area contributed by atoms with Crippen LogP contribution in [0.2, 0.25) is 0 Å². The van der Waals surface area contributed by atoms with Crippen LogP contribution in [0.5, 0.6) is 5.75 Å². The van der Waals surface area contributed by atoms with E-state index in [2.05, 4.69) is 50.4 Å². The van der Waals surface area contributed by atoms with Gasteiger partial charge >= 0.3 is 6.18 Å². The zero-order chi connectivity index (χ0) is 28.8. The average Bonchev–Trinajstić information content (AvgIpc) is 3.59. The van der Waals surface area contributed by atoms with Crippen molar-refractivity contribution in [3.8, 4) is 5.75 Å². The summed E-state index contributed by atoms with van der Waals surface area (Å²) in [6.45, 7) is 0.0553. The summed E-state index contributed by atoms with van der Waals surface area (Å²) in [6, 6.07) is 5.24. The van der Waals surface area contributed by atoms with Crippen LogP contribution in [-0.2, 0) is 19.8 Å². The molecule has 3 atom stereocenters. The Kier molecular flexibility index (Phi) is 7.59. The maximum Gasteiger partial charge on any atom is 0.416 e. The minimum Gasteiger partial charge on any atom is -0.486 e. The maximum absolute atomic E-state index is 13.0. The molecule has 3 aromatic rings. The minimum absolute atomic E-state index is 0.0553. The lowest BCUT2D eigenvalue weighted by atomic mass is 9.61. The molecule has 3 saturated carbocycles. The average molecular weight is 572 g/mol. The van der Waals surface area contributed by atoms with E-state index in [1.54, 1.807) is 0 Å². The van der Waals surface area contributed by atoms with Crippen LogP contribution in [0, 0.1) is 5.92 Å². The first-order chi connectivity index (χ1) is 19.6. The second-order valence-corrected chi connectivity index (χ2v) is 12.6. The number of aromatic nitrogens is 6. The molecule has 0 aliphatic heterocycles. The standard InChI is InChI=1S/C30H40F3N7O/c1-38(2)29-14-5-6-21(17-29)25(13-15-29)26-18-40(37-34-26)23-11-9-20(10-12-23)28-36-35-27(39(28)3)19-41-24-8-4-7-22(16-24)30(31,32)33/h4,7-8,16,18,20-21,23,25H,5-6,9-15,17,19H2,1-3H3/t20-,21?,23-,25?,29?. The zero-order valence-electron chi connectivity index (χ0n) is 24.1. The van der Waals surface area contributed by atoms with E-state index < -0.39 is 11.7 Å². The van der Waals surface area contributed by atoms with Crippen molar-refractivity contribution in [3.63, 3.8) is 0 Å². The Balaban J connectivity index is 1.04. The summed E-state index contributed by atoms with van der Waals surface area (Å²) in [5.41, 5.74) is 0.812. The highest BCUT2D eigenvalue weighted by Crippen LogP contribution is 2.51. The number of fused-ring (bicyclic) bond motifs is 2. The van der Waals surface area contributed by atoms with Gasteiger partial charge < -0.3 is 14.2 Å². The molecule has 2 heterocycles. The lowest BCUT2D eigenvalue weighted by Gasteiger charge is -2.52. The second-order valence-electron chi connectivity index (χ2n) is 12.6. The Morgan fingerprint density at radius 1 is 1.02 bits per heavy atom. The van der Waals surface area contributed by atoms with E-state index in [1.165, 1.54) is 56.4 Å². The van der Waals surface area contributed by atoms with E-state index in [0.29, 0.717) is 29.2 Å². The molecule has 3 aliphatic carbocycles. The number of benzene rings is 1. The van der Waals surface area contributed by atoms with Gasteiger partial charge in [-0.15, -0.1) is 15.3 Å². The van der Waals surface area contributed by atoms with Crippen LogP contribution in [-0.4, -0.2) is 54.3 Å². The molecule has 222 valence electrons. The second kappa shape index (κ2) is 11.0. The number of hydrogen-bond acceptors (Lipinski definition) is 6. The topological polar surface area (TPSA) is 73.9 Å². The molecular weight excluding hydrogens is 531 g/mol. The summed E-state index contributed by atoms with van der Waals surface area (Å²) in [5.74, 6) is 3.13. The van der Waals surface area contributed by atoms with Crippen molar-refractivity contribution in [2.45, 2.75) is 100 Å². The maximum atomic E-state index is 13.0. The number of hydrogen-bond donors (Lipinski definition) is 0. The highest BCUT2D eigenvalue weighted by Gasteiger charge is 2.46. The van der Waals surface area contributed by atoms with Gasteiger partial charge in [0.1, 0.15) is 18.2 Å². The number of rotatable bonds is 7. The molecule has 0 amide bonds. The van der Waals surface area contributed by atoms with E-state index >= 15 is 0 Å². The number of ether oxygens (including phenoxy) is 1. The molecular formula is C30H40F3N7O. The largest absolute Gasteiger partial charge is 0.486 e. The fourth-order valence-corrected chi connectivity index (χ4v) is 7.64. The Morgan fingerprint density at radius 3 is 2.59 bits per heavy atom. The third-order valence-electron chi connectivity index (χ3n) is 10.2. The number of alkyl halides is 3. The van der Waals surface area contributed by atoms with Gasteiger partial charge in [0.25, 0.3) is 0 Å². The van der Waals surface area contributed by atoms with Gasteiger partial charge in [-0.05, 0) is 96.0 Å². The zero-order valence-corrected chi connectivity index (χ0v) is 24.1. The van der Waals surface area contributed by atoms with Crippen molar-refractivity contribution in [1.29, 1.82) is 0 Å². The van der Waals surface area contributed by atoms with Crippen LogP contribution < -0.4 is 4.74 Å². The SMILES string of the molecule is CN(C)C12CCCC(C1)C(c1cn([C@H]3CC[C@H](c4nnc(COc5cccc(C(F)(F)F)c5)n4C)CC3)nn1)CC2. The van der Waals surface area contributed by atoms with Gasteiger partial charge in [-0.2, -0.15) is 13.2 Å². The normalized spacial score (nSPS) is 28.7. The van der Waals surface area contributed by atoms with Gasteiger partial charge in [-0.3, -0.25) is 0 Å². The first-order valence-electron chi connectivity index (χ1n) is 14.9. The van der Waals surface area contributed by atoms with Gasteiger partial charge in [0.05, 0.1) is 17.3 Å². The van der Waals surface area contributed by atoms with E-state index in [9.17, 15) is 13.2 Å². The summed E-state index contributed by atoms with van der Waals surface area (Å²) >= 11 is 0. The molecule has 0 radical (unpaired) electrons. The van der Waals surface area contributed by atoms with E-state index in [1.807, 2.05) is 11.6 Å². The molecule has 11 heteroatoms. The molecule has 3 unspecified atom stereocenters. The summed E-state index contributed by atoms with van der Waals surface area (Å²) in [7, 11) is 6.38. The van der Waals surface area contributed by atoms with Gasteiger partial charge in [-0.1, -0.05) is 17.7 Å². The summed E-state index contributed by atoms with van der Waals surface area (Å²) < 4.78 is 48.7. The quantitative estimate of drug-likeness (QED) is 0.333. The molecule has 6 rings (SSSR count). The van der Waals surface area contributed by atoms with Crippen molar-refractivity contribution >= 4 is 0 Å². The summed E-state index contributed by atoms with van der Waals surface area (Å²) in [5, 5.41) is 18.0. The monoisotopic (exact) mass is 571 g/mol. The first kappa shape index (κ1) is 28.2. The number of nitrogens with zero attached hydrogens (tertiary/aromatic N) is 7. The van der Waals surface area contributed by atoms with Crippen molar-refractivity contribution in [3.05, 3.63) is 53.4 Å². The van der Waals surface area contributed by atoms with Crippen molar-refractivity contribution < 1.29 is 17.9 Å². The predicted octanol–water partition coefficient (Wildman–Crippen LogP) is 6.27.